The zero-order chi connectivity index (χ0) is 29.4. The fourth-order valence-corrected chi connectivity index (χ4v) is 7.57. The quantitative estimate of drug-likeness (QED) is 0.225. The Kier molecular flexibility index (Phi) is 7.51. The molecule has 6 rings (SSSR count). The molecule has 1 aliphatic heterocycles. The number of nitrogens with one attached hydrogen (secondary N) is 1. The fraction of sp³-hybridized carbons (Fsp3) is 0.312. The van der Waals surface area contributed by atoms with Crippen molar-refractivity contribution in [2.24, 2.45) is 11.1 Å². The number of hydrogen-bond acceptors (Lipinski definition) is 7. The smallest absolute Gasteiger partial charge is 0.247 e. The number of nitrogen functional groups attached to an aromatic ring is 2. The number of anilines is 4. The van der Waals surface area contributed by atoms with Gasteiger partial charge >= 0.3 is 0 Å². The lowest BCUT2D eigenvalue weighted by Crippen LogP contribution is -2.46. The number of rotatable bonds is 6. The molecule has 1 amide bonds. The van der Waals surface area contributed by atoms with Gasteiger partial charge in [-0.05, 0) is 78.9 Å². The van der Waals surface area contributed by atoms with E-state index in [9.17, 15) is 13.2 Å². The number of sulfonamides is 1. The van der Waals surface area contributed by atoms with Crippen LogP contribution < -0.4 is 26.8 Å². The lowest BCUT2D eigenvalue weighted by Gasteiger charge is -2.38. The molecule has 2 heterocycles. The van der Waals surface area contributed by atoms with Crippen molar-refractivity contribution in [2.45, 2.75) is 61.9 Å². The van der Waals surface area contributed by atoms with Crippen LogP contribution in [0.3, 0.4) is 0 Å². The van der Waals surface area contributed by atoms with Crippen molar-refractivity contribution in [3.05, 3.63) is 72.9 Å². The summed E-state index contributed by atoms with van der Waals surface area (Å²) < 4.78 is 24.2. The Morgan fingerprint density at radius 2 is 1.64 bits per heavy atom. The molecule has 0 spiro atoms. The van der Waals surface area contributed by atoms with Gasteiger partial charge in [-0.25, -0.2) is 18.5 Å². The molecule has 2 unspecified atom stereocenters. The van der Waals surface area contributed by atoms with E-state index in [1.165, 1.54) is 25.3 Å². The molecule has 1 saturated heterocycles. The van der Waals surface area contributed by atoms with Gasteiger partial charge in [-0.3, -0.25) is 4.79 Å². The molecular weight excluding hydrogens is 548 g/mol. The molecule has 3 aromatic carbocycles. The van der Waals surface area contributed by atoms with Crippen LogP contribution in [0.25, 0.3) is 21.9 Å². The number of carbonyl (C=O) groups excluding carboxylic acids is 1. The molecule has 9 nitrogen and oxygen atoms in total. The Bertz CT molecular complexity index is 1740. The highest BCUT2D eigenvalue weighted by Gasteiger charge is 2.42. The van der Waals surface area contributed by atoms with E-state index in [4.69, 9.17) is 16.6 Å². The molecule has 7 N–H and O–H groups in total. The molecule has 1 aromatic heterocycles. The zero-order valence-electron chi connectivity index (χ0n) is 23.4. The molecule has 2 aliphatic rings. The zero-order valence-corrected chi connectivity index (χ0v) is 24.2. The number of nitrogens with two attached hydrogens (primary N) is 3. The van der Waals surface area contributed by atoms with Gasteiger partial charge in [0.05, 0.1) is 16.3 Å². The third-order valence-corrected chi connectivity index (χ3v) is 9.77. The normalized spacial score (nSPS) is 19.7. The minimum absolute atomic E-state index is 0.0564. The second-order valence-electron chi connectivity index (χ2n) is 11.4. The largest absolute Gasteiger partial charge is 0.397 e. The number of amides is 1. The molecule has 10 heteroatoms. The first-order chi connectivity index (χ1) is 20.2. The number of hydrogen-bond donors (Lipinski definition) is 4. The first kappa shape index (κ1) is 28.0. The van der Waals surface area contributed by atoms with Gasteiger partial charge in [-0.1, -0.05) is 49.6 Å². The first-order valence-corrected chi connectivity index (χ1v) is 16.0. The maximum Gasteiger partial charge on any atom is 0.247 e. The number of aromatic nitrogens is 1. The molecular formula is C32H36N6O3S. The monoisotopic (exact) mass is 584 g/mol. The first-order valence-electron chi connectivity index (χ1n) is 14.5. The summed E-state index contributed by atoms with van der Waals surface area (Å²) in [6, 6.07) is 19.3. The van der Waals surface area contributed by atoms with Crippen LogP contribution in [0, 0.1) is 5.92 Å². The van der Waals surface area contributed by atoms with Crippen LogP contribution in [-0.4, -0.2) is 31.4 Å². The third kappa shape index (κ3) is 5.39. The van der Waals surface area contributed by atoms with E-state index in [0.29, 0.717) is 40.7 Å². The summed E-state index contributed by atoms with van der Waals surface area (Å²) in [5.74, 6) is 0.827. The van der Waals surface area contributed by atoms with Crippen molar-refractivity contribution < 1.29 is 13.2 Å². The summed E-state index contributed by atoms with van der Waals surface area (Å²) in [4.78, 5) is 20.4. The van der Waals surface area contributed by atoms with E-state index < -0.39 is 16.1 Å². The minimum Gasteiger partial charge on any atom is -0.397 e. The lowest BCUT2D eigenvalue weighted by molar-refractivity contribution is -0.117. The Morgan fingerprint density at radius 3 is 2.38 bits per heavy atom. The van der Waals surface area contributed by atoms with E-state index in [2.05, 4.69) is 15.2 Å². The predicted octanol–water partition coefficient (Wildman–Crippen LogP) is 5.27. The highest BCUT2D eigenvalue weighted by atomic mass is 32.2. The summed E-state index contributed by atoms with van der Waals surface area (Å²) in [5, 5.41) is 10.3. The Hall–Kier alpha value is -4.15. The Balaban J connectivity index is 1.30. The number of nitrogens with zero attached hydrogens (tertiary/aromatic N) is 2. The van der Waals surface area contributed by atoms with E-state index in [-0.39, 0.29) is 16.8 Å². The van der Waals surface area contributed by atoms with Crippen LogP contribution in [-0.2, 0) is 14.8 Å². The number of fused-ring (bicyclic) bond motifs is 1. The molecule has 0 radical (unpaired) electrons. The van der Waals surface area contributed by atoms with Gasteiger partial charge in [0.25, 0.3) is 0 Å². The Morgan fingerprint density at radius 1 is 0.905 bits per heavy atom. The van der Waals surface area contributed by atoms with Crippen LogP contribution in [0.5, 0.6) is 0 Å². The van der Waals surface area contributed by atoms with Crippen molar-refractivity contribution >= 4 is 49.6 Å². The van der Waals surface area contributed by atoms with Gasteiger partial charge in [-0.15, -0.1) is 0 Å². The number of pyridine rings is 1. The average Bonchev–Trinajstić information content (AvgIpc) is 3.43. The average molecular weight is 585 g/mol. The summed E-state index contributed by atoms with van der Waals surface area (Å²) in [6.07, 6.45) is 9.26. The molecule has 1 saturated carbocycles. The van der Waals surface area contributed by atoms with Crippen LogP contribution >= 0.6 is 0 Å². The van der Waals surface area contributed by atoms with Crippen molar-refractivity contribution in [1.82, 2.24) is 4.98 Å². The number of primary sulfonamides is 1. The summed E-state index contributed by atoms with van der Waals surface area (Å²) in [6.45, 7) is 0. The van der Waals surface area contributed by atoms with Crippen molar-refractivity contribution in [3.8, 4) is 11.1 Å². The highest BCUT2D eigenvalue weighted by Crippen LogP contribution is 2.43. The summed E-state index contributed by atoms with van der Waals surface area (Å²) in [5.41, 5.74) is 16.2. The van der Waals surface area contributed by atoms with Crippen molar-refractivity contribution in [1.29, 1.82) is 0 Å². The van der Waals surface area contributed by atoms with Gasteiger partial charge in [0.1, 0.15) is 11.9 Å². The van der Waals surface area contributed by atoms with Gasteiger partial charge < -0.3 is 21.7 Å². The maximum absolute atomic E-state index is 13.9. The molecule has 2 atom stereocenters. The number of benzene rings is 3. The molecule has 218 valence electrons. The minimum atomic E-state index is -3.89. The van der Waals surface area contributed by atoms with Gasteiger partial charge in [0, 0.05) is 28.9 Å². The van der Waals surface area contributed by atoms with Gasteiger partial charge in [0.15, 0.2) is 0 Å². The second-order valence-corrected chi connectivity index (χ2v) is 12.9. The molecule has 42 heavy (non-hydrogen) atoms. The van der Waals surface area contributed by atoms with Crippen LogP contribution in [0.4, 0.5) is 22.9 Å². The van der Waals surface area contributed by atoms with Gasteiger partial charge in [-0.2, -0.15) is 0 Å². The lowest BCUT2D eigenvalue weighted by atomic mass is 9.83. The second kappa shape index (κ2) is 11.3. The predicted molar refractivity (Wildman–Crippen MR) is 168 cm³/mol. The van der Waals surface area contributed by atoms with E-state index >= 15 is 0 Å². The highest BCUT2D eigenvalue weighted by molar-refractivity contribution is 7.89. The maximum atomic E-state index is 13.9. The third-order valence-electron chi connectivity index (χ3n) is 8.80. The standard InChI is InChI=1S/C32H36N6O3S/c33-26-18-22-16-17-36-31(34)25(22)19-29(26)38-27(21-6-2-1-3-7-21)14-15-28(38)32(39)37-23-12-10-20(11-13-23)24-8-4-5-9-30(24)42(35,40)41/h4-5,8-13,16-19,21,27-28H,1-3,6-7,14-15,33H2,(H2,34,36)(H,37,39)(H2,35,40,41). The fourth-order valence-electron chi connectivity index (χ4n) is 6.81. The SMILES string of the molecule is Nc1cc2ccnc(N)c2cc1N1C(C(=O)Nc2ccc(-c3ccccc3S(N)(=O)=O)cc2)CCC1C1CCCCC1. The Labute approximate surface area is 246 Å². The van der Waals surface area contributed by atoms with Crippen LogP contribution in [0.2, 0.25) is 0 Å². The number of carbonyl (C=O) groups is 1. The van der Waals surface area contributed by atoms with E-state index in [1.807, 2.05) is 18.2 Å². The molecule has 4 aromatic rings. The van der Waals surface area contributed by atoms with E-state index in [1.54, 1.807) is 48.7 Å². The van der Waals surface area contributed by atoms with Crippen molar-refractivity contribution in [3.63, 3.8) is 0 Å². The van der Waals surface area contributed by atoms with E-state index in [0.717, 1.165) is 35.7 Å². The topological polar surface area (TPSA) is 157 Å². The van der Waals surface area contributed by atoms with Crippen LogP contribution in [0.1, 0.15) is 44.9 Å². The molecule has 1 aliphatic carbocycles. The molecule has 2 fully saturated rings. The summed E-state index contributed by atoms with van der Waals surface area (Å²) >= 11 is 0. The van der Waals surface area contributed by atoms with Gasteiger partial charge in [0.2, 0.25) is 15.9 Å². The van der Waals surface area contributed by atoms with Crippen molar-refractivity contribution in [2.75, 3.05) is 21.7 Å². The summed E-state index contributed by atoms with van der Waals surface area (Å²) in [7, 11) is -3.89. The van der Waals surface area contributed by atoms with Crippen LogP contribution in [0.15, 0.2) is 77.8 Å². The molecule has 0 bridgehead atoms.